The summed E-state index contributed by atoms with van der Waals surface area (Å²) in [6.07, 6.45) is 0. The van der Waals surface area contributed by atoms with Crippen LogP contribution in [0, 0.1) is 0 Å². The second-order valence-electron chi connectivity index (χ2n) is 5.64. The highest BCUT2D eigenvalue weighted by Gasteiger charge is 2.15. The molecule has 0 spiro atoms. The van der Waals surface area contributed by atoms with Gasteiger partial charge in [-0.2, -0.15) is 0 Å². The number of nitrogens with one attached hydrogen (secondary N) is 1. The van der Waals surface area contributed by atoms with E-state index in [1.54, 1.807) is 12.1 Å². The van der Waals surface area contributed by atoms with Crippen molar-refractivity contribution in [2.45, 2.75) is 5.03 Å². The van der Waals surface area contributed by atoms with Crippen molar-refractivity contribution in [3.05, 3.63) is 52.9 Å². The molecule has 8 nitrogen and oxygen atoms in total. The van der Waals surface area contributed by atoms with Gasteiger partial charge in [0.15, 0.2) is 0 Å². The first-order valence-electron chi connectivity index (χ1n) is 8.14. The van der Waals surface area contributed by atoms with Crippen LogP contribution in [0.2, 0.25) is 0 Å². The van der Waals surface area contributed by atoms with Gasteiger partial charge in [-0.25, -0.2) is 14.6 Å². The molecule has 0 atom stereocenters. The zero-order valence-corrected chi connectivity index (χ0v) is 17.0. The van der Waals surface area contributed by atoms with Crippen LogP contribution in [0.25, 0.3) is 10.6 Å². The van der Waals surface area contributed by atoms with Crippen molar-refractivity contribution in [3.63, 3.8) is 0 Å². The molecular formula is C19H16N2O6S2. The Hall–Kier alpha value is -3.24. The van der Waals surface area contributed by atoms with Gasteiger partial charge in [0.1, 0.15) is 21.5 Å². The molecule has 3 rings (SSSR count). The summed E-state index contributed by atoms with van der Waals surface area (Å²) in [6.45, 7) is 0. The number of nitrogens with zero attached hydrogens (tertiary/aromatic N) is 1. The molecule has 0 saturated carbocycles. The minimum atomic E-state index is -1.03. The molecule has 29 heavy (non-hydrogen) atoms. The number of carboxylic acids is 2. The van der Waals surface area contributed by atoms with Gasteiger partial charge in [0, 0.05) is 17.3 Å². The van der Waals surface area contributed by atoms with Crippen molar-refractivity contribution < 1.29 is 29.3 Å². The Balaban J connectivity index is 1.78. The maximum absolute atomic E-state index is 11.1. The van der Waals surface area contributed by atoms with Gasteiger partial charge in [0.25, 0.3) is 0 Å². The predicted octanol–water partition coefficient (Wildman–Crippen LogP) is 4.34. The molecule has 0 fully saturated rings. The third kappa shape index (κ3) is 4.61. The smallest absolute Gasteiger partial charge is 0.335 e. The molecule has 0 radical (unpaired) electrons. The minimum Gasteiger partial charge on any atom is -0.496 e. The molecule has 2 aromatic carbocycles. The van der Waals surface area contributed by atoms with Crippen molar-refractivity contribution in [1.29, 1.82) is 0 Å². The summed E-state index contributed by atoms with van der Waals surface area (Å²) in [5.74, 6) is -1.24. The van der Waals surface area contributed by atoms with E-state index in [0.717, 1.165) is 0 Å². The van der Waals surface area contributed by atoms with Gasteiger partial charge >= 0.3 is 11.9 Å². The number of ether oxygens (including phenoxy) is 2. The number of hydrogen-bond donors (Lipinski definition) is 3. The van der Waals surface area contributed by atoms with Gasteiger partial charge in [-0.05, 0) is 36.4 Å². The van der Waals surface area contributed by atoms with Crippen molar-refractivity contribution >= 4 is 40.9 Å². The fourth-order valence-corrected chi connectivity index (χ4v) is 4.07. The number of aromatic nitrogens is 1. The monoisotopic (exact) mass is 432 g/mol. The van der Waals surface area contributed by atoms with E-state index < -0.39 is 11.9 Å². The maximum atomic E-state index is 11.1. The summed E-state index contributed by atoms with van der Waals surface area (Å²) >= 11 is 2.63. The highest BCUT2D eigenvalue weighted by molar-refractivity contribution is 8.00. The summed E-state index contributed by atoms with van der Waals surface area (Å²) in [5.41, 5.74) is 1.57. The summed E-state index contributed by atoms with van der Waals surface area (Å²) in [7, 11) is 2.94. The second kappa shape index (κ2) is 8.84. The number of hydrogen-bond acceptors (Lipinski definition) is 8. The number of methoxy groups -OCH3 is 2. The van der Waals surface area contributed by atoms with Crippen molar-refractivity contribution in [2.24, 2.45) is 0 Å². The molecule has 10 heteroatoms. The van der Waals surface area contributed by atoms with Gasteiger partial charge in [-0.3, -0.25) is 0 Å². The van der Waals surface area contributed by atoms with E-state index >= 15 is 0 Å². The number of carbonyl (C=O) groups is 2. The number of aromatic carboxylic acids is 2. The van der Waals surface area contributed by atoms with Crippen molar-refractivity contribution in [3.8, 4) is 22.1 Å². The van der Waals surface area contributed by atoms with Crippen LogP contribution in [0.1, 0.15) is 20.7 Å². The number of benzene rings is 2. The molecule has 0 bridgehead atoms. The zero-order valence-electron chi connectivity index (χ0n) is 15.3. The average molecular weight is 432 g/mol. The average Bonchev–Trinajstić information content (AvgIpc) is 3.20. The lowest BCUT2D eigenvalue weighted by atomic mass is 10.1. The third-order valence-corrected chi connectivity index (χ3v) is 5.64. The largest absolute Gasteiger partial charge is 0.496 e. The maximum Gasteiger partial charge on any atom is 0.335 e. The van der Waals surface area contributed by atoms with Crippen LogP contribution in [-0.2, 0) is 0 Å². The molecule has 3 N–H and O–H groups in total. The Bertz CT molecular complexity index is 1070. The van der Waals surface area contributed by atoms with Gasteiger partial charge in [0.2, 0.25) is 0 Å². The number of thiazole rings is 1. The summed E-state index contributed by atoms with van der Waals surface area (Å²) < 4.78 is 13.6. The Morgan fingerprint density at radius 2 is 1.62 bits per heavy atom. The van der Waals surface area contributed by atoms with E-state index in [9.17, 15) is 9.59 Å². The first-order valence-corrected chi connectivity index (χ1v) is 9.84. The molecule has 0 aliphatic rings. The third-order valence-electron chi connectivity index (χ3n) is 3.88. The highest BCUT2D eigenvalue weighted by Crippen LogP contribution is 2.36. The molecule has 1 heterocycles. The predicted molar refractivity (Wildman–Crippen MR) is 110 cm³/mol. The first kappa shape index (κ1) is 20.5. The van der Waals surface area contributed by atoms with Crippen LogP contribution >= 0.6 is 23.3 Å². The van der Waals surface area contributed by atoms with Crippen molar-refractivity contribution in [2.75, 3.05) is 18.9 Å². The zero-order chi connectivity index (χ0) is 21.0. The lowest BCUT2D eigenvalue weighted by molar-refractivity contribution is 0.0686. The molecule has 0 saturated heterocycles. The van der Waals surface area contributed by atoms with Gasteiger partial charge in [0.05, 0.1) is 36.6 Å². The fourth-order valence-electron chi connectivity index (χ4n) is 2.45. The Kier molecular flexibility index (Phi) is 6.25. The molecule has 0 aliphatic carbocycles. The standard InChI is InChI=1S/C19H16N2O6S2/c1-26-14-7-10(18(22)23)3-5-12(14)17-20-16(9-28-17)29-21-13-6-4-11(19(24)25)8-15(13)27-2/h3-9,21H,1-2H3,(H,22,23)(H,24,25). The first-order chi connectivity index (χ1) is 13.9. The molecule has 0 aliphatic heterocycles. The van der Waals surface area contributed by atoms with Gasteiger partial charge < -0.3 is 24.4 Å². The topological polar surface area (TPSA) is 118 Å². The highest BCUT2D eigenvalue weighted by atomic mass is 32.2. The molecule has 1 aromatic heterocycles. The van der Waals surface area contributed by atoms with E-state index in [4.69, 9.17) is 19.7 Å². The van der Waals surface area contributed by atoms with E-state index in [2.05, 4.69) is 9.71 Å². The Morgan fingerprint density at radius 1 is 1.00 bits per heavy atom. The number of carboxylic acid groups (broad SMARTS) is 2. The fraction of sp³-hybridized carbons (Fsp3) is 0.105. The van der Waals surface area contributed by atoms with Crippen LogP contribution in [-0.4, -0.2) is 41.4 Å². The number of rotatable bonds is 8. The normalized spacial score (nSPS) is 10.4. The van der Waals surface area contributed by atoms with E-state index in [1.807, 2.05) is 5.38 Å². The Morgan fingerprint density at radius 3 is 2.24 bits per heavy atom. The Labute approximate surface area is 174 Å². The lowest BCUT2D eigenvalue weighted by Gasteiger charge is -2.10. The van der Waals surface area contributed by atoms with Crippen LogP contribution in [0.4, 0.5) is 5.69 Å². The summed E-state index contributed by atoms with van der Waals surface area (Å²) in [5, 5.41) is 21.4. The summed E-state index contributed by atoms with van der Waals surface area (Å²) in [4.78, 5) is 26.7. The molecule has 3 aromatic rings. The van der Waals surface area contributed by atoms with E-state index in [1.165, 1.54) is 61.8 Å². The second-order valence-corrected chi connectivity index (χ2v) is 7.32. The van der Waals surface area contributed by atoms with Crippen LogP contribution in [0.5, 0.6) is 11.5 Å². The lowest BCUT2D eigenvalue weighted by Crippen LogP contribution is -1.99. The molecular weight excluding hydrogens is 416 g/mol. The van der Waals surface area contributed by atoms with E-state index in [0.29, 0.717) is 32.8 Å². The SMILES string of the molecule is COc1cc(C(=O)O)ccc1NSc1csc(-c2ccc(C(=O)O)cc2OC)n1. The minimum absolute atomic E-state index is 0.130. The van der Waals surface area contributed by atoms with Crippen molar-refractivity contribution in [1.82, 2.24) is 4.98 Å². The van der Waals surface area contributed by atoms with E-state index in [-0.39, 0.29) is 11.1 Å². The quantitative estimate of drug-likeness (QED) is 0.447. The molecule has 0 unspecified atom stereocenters. The van der Waals surface area contributed by atoms with Gasteiger partial charge in [-0.1, -0.05) is 0 Å². The van der Waals surface area contributed by atoms with Crippen LogP contribution < -0.4 is 14.2 Å². The summed E-state index contributed by atoms with van der Waals surface area (Å²) in [6, 6.07) is 9.16. The van der Waals surface area contributed by atoms with Crippen LogP contribution in [0.3, 0.4) is 0 Å². The number of anilines is 1. The van der Waals surface area contributed by atoms with Crippen LogP contribution in [0.15, 0.2) is 46.8 Å². The molecule has 150 valence electrons. The van der Waals surface area contributed by atoms with Gasteiger partial charge in [-0.15, -0.1) is 11.3 Å². The molecule has 0 amide bonds.